The predicted molar refractivity (Wildman–Crippen MR) is 65.7 cm³/mol. The maximum atomic E-state index is 12.0. The molecule has 0 aliphatic heterocycles. The van der Waals surface area contributed by atoms with Gasteiger partial charge in [0.2, 0.25) is 0 Å². The van der Waals surface area contributed by atoms with Crippen molar-refractivity contribution in [3.8, 4) is 0 Å². The summed E-state index contributed by atoms with van der Waals surface area (Å²) in [7, 11) is 0. The second-order valence-corrected chi connectivity index (χ2v) is 5.01. The molecule has 0 aromatic heterocycles. The third-order valence-electron chi connectivity index (χ3n) is 2.24. The van der Waals surface area contributed by atoms with Gasteiger partial charge in [-0.2, -0.15) is 0 Å². The van der Waals surface area contributed by atoms with E-state index in [0.29, 0.717) is 13.0 Å². The van der Waals surface area contributed by atoms with Crippen molar-refractivity contribution in [3.05, 3.63) is 0 Å². The number of ether oxygens (including phenoxy) is 2. The molecule has 0 amide bonds. The Morgan fingerprint density at radius 2 is 1.71 bits per heavy atom. The molecule has 0 saturated carbocycles. The Kier molecular flexibility index (Phi) is 6.39. The Labute approximate surface area is 104 Å². The Bertz CT molecular complexity index is 265. The summed E-state index contributed by atoms with van der Waals surface area (Å²) in [5.41, 5.74) is -0.570. The van der Waals surface area contributed by atoms with E-state index in [0.717, 1.165) is 0 Å². The van der Waals surface area contributed by atoms with Crippen LogP contribution in [0.5, 0.6) is 0 Å². The summed E-state index contributed by atoms with van der Waals surface area (Å²) < 4.78 is 10.5. The summed E-state index contributed by atoms with van der Waals surface area (Å²) in [6, 6.07) is 0. The molecule has 0 fully saturated rings. The first kappa shape index (κ1) is 16.1. The number of hydrogen-bond donors (Lipinski definition) is 0. The van der Waals surface area contributed by atoms with Gasteiger partial charge in [-0.05, 0) is 41.0 Å². The largest absolute Gasteiger partial charge is 0.459 e. The van der Waals surface area contributed by atoms with E-state index in [2.05, 4.69) is 0 Å². The average Bonchev–Trinajstić information content (AvgIpc) is 2.21. The van der Waals surface area contributed by atoms with Gasteiger partial charge in [-0.1, -0.05) is 6.92 Å². The molecule has 4 nitrogen and oxygen atoms in total. The van der Waals surface area contributed by atoms with Gasteiger partial charge in [-0.15, -0.1) is 0 Å². The van der Waals surface area contributed by atoms with Crippen LogP contribution in [0, 0.1) is 5.92 Å². The van der Waals surface area contributed by atoms with Crippen LogP contribution in [0.15, 0.2) is 0 Å². The average molecular weight is 244 g/mol. The predicted octanol–water partition coefficient (Wildman–Crippen LogP) is 2.35. The summed E-state index contributed by atoms with van der Waals surface area (Å²) >= 11 is 0. The summed E-state index contributed by atoms with van der Waals surface area (Å²) in [5.74, 6) is -1.46. The van der Waals surface area contributed by atoms with Crippen LogP contribution in [-0.2, 0) is 19.1 Å². The second kappa shape index (κ2) is 6.74. The molecule has 0 bridgehead atoms. The fourth-order valence-corrected chi connectivity index (χ4v) is 1.39. The molecule has 2 atom stereocenters. The fourth-order valence-electron chi connectivity index (χ4n) is 1.39. The molecule has 0 N–H and O–H groups in total. The number of carbonyl (C=O) groups excluding carboxylic acids is 2. The SMILES string of the molecule is CCOC(CC)C(=O)C(C)C(=O)OC(C)(C)C. The zero-order valence-electron chi connectivity index (χ0n) is 11.7. The van der Waals surface area contributed by atoms with Crippen molar-refractivity contribution < 1.29 is 19.1 Å². The van der Waals surface area contributed by atoms with Crippen LogP contribution in [0.4, 0.5) is 0 Å². The molecule has 100 valence electrons. The molecule has 0 aliphatic rings. The first-order chi connectivity index (χ1) is 7.72. The van der Waals surface area contributed by atoms with E-state index in [1.165, 1.54) is 0 Å². The molecular formula is C13H24O4. The minimum absolute atomic E-state index is 0.205. The molecular weight excluding hydrogens is 220 g/mol. The van der Waals surface area contributed by atoms with Crippen LogP contribution in [0.2, 0.25) is 0 Å². The molecule has 4 heteroatoms. The van der Waals surface area contributed by atoms with Gasteiger partial charge in [-0.3, -0.25) is 9.59 Å². The van der Waals surface area contributed by atoms with Gasteiger partial charge in [-0.25, -0.2) is 0 Å². The van der Waals surface area contributed by atoms with Gasteiger partial charge in [0.15, 0.2) is 5.78 Å². The molecule has 0 rings (SSSR count). The lowest BCUT2D eigenvalue weighted by molar-refractivity contribution is -0.163. The first-order valence-corrected chi connectivity index (χ1v) is 6.11. The molecule has 2 unspecified atom stereocenters. The highest BCUT2D eigenvalue weighted by Gasteiger charge is 2.31. The third-order valence-corrected chi connectivity index (χ3v) is 2.24. The number of rotatable bonds is 6. The summed E-state index contributed by atoms with van der Waals surface area (Å²) in [5, 5.41) is 0. The second-order valence-electron chi connectivity index (χ2n) is 5.01. The highest BCUT2D eigenvalue weighted by molar-refractivity contribution is 6.00. The van der Waals surface area contributed by atoms with E-state index >= 15 is 0 Å². The summed E-state index contributed by atoms with van der Waals surface area (Å²) in [4.78, 5) is 23.7. The molecule has 0 spiro atoms. The highest BCUT2D eigenvalue weighted by atomic mass is 16.6. The molecule has 0 saturated heterocycles. The van der Waals surface area contributed by atoms with Crippen molar-refractivity contribution in [3.63, 3.8) is 0 Å². The first-order valence-electron chi connectivity index (χ1n) is 6.11. The standard InChI is InChI=1S/C13H24O4/c1-7-10(16-8-2)11(14)9(3)12(15)17-13(4,5)6/h9-10H,7-8H2,1-6H3. The monoisotopic (exact) mass is 244 g/mol. The number of ketones is 1. The van der Waals surface area contributed by atoms with E-state index in [1.54, 1.807) is 27.7 Å². The van der Waals surface area contributed by atoms with Crippen LogP contribution in [0.25, 0.3) is 0 Å². The van der Waals surface area contributed by atoms with Gasteiger partial charge < -0.3 is 9.47 Å². The number of Topliss-reactive ketones (excluding diaryl/α,β-unsaturated/α-hetero) is 1. The lowest BCUT2D eigenvalue weighted by atomic mass is 10.00. The third kappa shape index (κ3) is 5.82. The van der Waals surface area contributed by atoms with E-state index in [1.807, 2.05) is 13.8 Å². The van der Waals surface area contributed by atoms with Crippen molar-refractivity contribution in [2.45, 2.75) is 59.7 Å². The van der Waals surface area contributed by atoms with Crippen LogP contribution in [0.1, 0.15) is 48.0 Å². The summed E-state index contributed by atoms with van der Waals surface area (Å²) in [6.45, 7) is 11.1. The van der Waals surface area contributed by atoms with Crippen molar-refractivity contribution in [2.75, 3.05) is 6.61 Å². The van der Waals surface area contributed by atoms with Crippen molar-refractivity contribution in [1.82, 2.24) is 0 Å². The lowest BCUT2D eigenvalue weighted by Gasteiger charge is -2.23. The quantitative estimate of drug-likeness (QED) is 0.531. The van der Waals surface area contributed by atoms with Gasteiger partial charge in [0.1, 0.15) is 17.6 Å². The Hall–Kier alpha value is -0.900. The Balaban J connectivity index is 4.52. The van der Waals surface area contributed by atoms with Crippen molar-refractivity contribution in [1.29, 1.82) is 0 Å². The van der Waals surface area contributed by atoms with Gasteiger partial charge >= 0.3 is 5.97 Å². The highest BCUT2D eigenvalue weighted by Crippen LogP contribution is 2.15. The molecule has 17 heavy (non-hydrogen) atoms. The van der Waals surface area contributed by atoms with E-state index in [-0.39, 0.29) is 5.78 Å². The van der Waals surface area contributed by atoms with Crippen molar-refractivity contribution in [2.24, 2.45) is 5.92 Å². The minimum Gasteiger partial charge on any atom is -0.459 e. The van der Waals surface area contributed by atoms with Gasteiger partial charge in [0.25, 0.3) is 0 Å². The molecule has 0 aromatic carbocycles. The smallest absolute Gasteiger partial charge is 0.316 e. The van der Waals surface area contributed by atoms with Gasteiger partial charge in [0.05, 0.1) is 0 Å². The van der Waals surface area contributed by atoms with Crippen LogP contribution >= 0.6 is 0 Å². The van der Waals surface area contributed by atoms with Gasteiger partial charge in [0, 0.05) is 6.61 Å². The maximum Gasteiger partial charge on any atom is 0.316 e. The summed E-state index contributed by atoms with van der Waals surface area (Å²) in [6.07, 6.45) is 0.0577. The van der Waals surface area contributed by atoms with Crippen molar-refractivity contribution >= 4 is 11.8 Å². The Morgan fingerprint density at radius 1 is 1.18 bits per heavy atom. The number of carbonyl (C=O) groups is 2. The molecule has 0 radical (unpaired) electrons. The van der Waals surface area contributed by atoms with E-state index in [9.17, 15) is 9.59 Å². The molecule has 0 heterocycles. The molecule has 0 aliphatic carbocycles. The number of hydrogen-bond acceptors (Lipinski definition) is 4. The normalized spacial score (nSPS) is 15.2. The number of esters is 1. The zero-order chi connectivity index (χ0) is 13.6. The lowest BCUT2D eigenvalue weighted by Crippen LogP contribution is -2.37. The maximum absolute atomic E-state index is 12.0. The van der Waals surface area contributed by atoms with E-state index in [4.69, 9.17) is 9.47 Å². The minimum atomic E-state index is -0.772. The van der Waals surface area contributed by atoms with E-state index < -0.39 is 23.6 Å². The topological polar surface area (TPSA) is 52.6 Å². The fraction of sp³-hybridized carbons (Fsp3) is 0.846. The van der Waals surface area contributed by atoms with Crippen LogP contribution in [0.3, 0.4) is 0 Å². The van der Waals surface area contributed by atoms with Crippen LogP contribution < -0.4 is 0 Å². The van der Waals surface area contributed by atoms with Crippen LogP contribution in [-0.4, -0.2) is 30.1 Å². The Morgan fingerprint density at radius 3 is 2.06 bits per heavy atom. The zero-order valence-corrected chi connectivity index (χ0v) is 11.7. The molecule has 0 aromatic rings.